The fourth-order valence-corrected chi connectivity index (χ4v) is 6.44. The van der Waals surface area contributed by atoms with Crippen LogP contribution in [-0.4, -0.2) is 30.1 Å². The number of fused-ring (bicyclic) bond motifs is 1. The average molecular weight is 503 g/mol. The molecule has 0 aliphatic carbocycles. The molecule has 1 saturated heterocycles. The van der Waals surface area contributed by atoms with Gasteiger partial charge in [0.25, 0.3) is 0 Å². The van der Waals surface area contributed by atoms with E-state index in [9.17, 15) is 12.8 Å². The van der Waals surface area contributed by atoms with Gasteiger partial charge in [-0.05, 0) is 48.7 Å². The Morgan fingerprint density at radius 2 is 1.93 bits per heavy atom. The summed E-state index contributed by atoms with van der Waals surface area (Å²) in [6, 6.07) is 10.4. The molecule has 0 aromatic heterocycles. The first-order valence-corrected chi connectivity index (χ1v) is 12.0. The molecular formula is C21H22BrClFNO3S. The summed E-state index contributed by atoms with van der Waals surface area (Å²) in [5, 5.41) is 0.00369. The van der Waals surface area contributed by atoms with Crippen molar-refractivity contribution < 1.29 is 17.5 Å². The molecule has 1 unspecified atom stereocenters. The number of sulfonamides is 1. The first kappa shape index (κ1) is 21.1. The summed E-state index contributed by atoms with van der Waals surface area (Å²) in [5.74, 6) is -0.184. The van der Waals surface area contributed by atoms with Gasteiger partial charge in [0, 0.05) is 29.1 Å². The number of nitrogens with zero attached hydrogens (tertiary/aromatic N) is 1. The molecule has 0 radical (unpaired) electrons. The van der Waals surface area contributed by atoms with Crippen LogP contribution in [0.4, 0.5) is 4.39 Å². The van der Waals surface area contributed by atoms with E-state index in [2.05, 4.69) is 15.9 Å². The molecule has 2 aliphatic heterocycles. The van der Waals surface area contributed by atoms with E-state index in [-0.39, 0.29) is 5.02 Å². The van der Waals surface area contributed by atoms with Gasteiger partial charge in [-0.15, -0.1) is 0 Å². The maximum absolute atomic E-state index is 14.3. The van der Waals surface area contributed by atoms with Gasteiger partial charge >= 0.3 is 0 Å². The highest BCUT2D eigenvalue weighted by Gasteiger charge is 2.58. The lowest BCUT2D eigenvalue weighted by Gasteiger charge is -2.51. The van der Waals surface area contributed by atoms with Crippen molar-refractivity contribution in [2.45, 2.75) is 50.0 Å². The Labute approximate surface area is 184 Å². The Morgan fingerprint density at radius 3 is 2.48 bits per heavy atom. The smallest absolute Gasteiger partial charge is 0.219 e. The Morgan fingerprint density at radius 1 is 1.28 bits per heavy atom. The summed E-state index contributed by atoms with van der Waals surface area (Å²) >= 11 is 9.50. The van der Waals surface area contributed by atoms with E-state index in [1.54, 1.807) is 20.8 Å². The van der Waals surface area contributed by atoms with Crippen molar-refractivity contribution in [1.82, 2.24) is 4.31 Å². The molecule has 2 aromatic carbocycles. The van der Waals surface area contributed by atoms with Crippen LogP contribution in [-0.2, 0) is 22.0 Å². The number of ether oxygens (including phenoxy) is 1. The highest BCUT2D eigenvalue weighted by atomic mass is 79.9. The summed E-state index contributed by atoms with van der Waals surface area (Å²) in [6.07, 6.45) is 1.06. The van der Waals surface area contributed by atoms with Crippen LogP contribution >= 0.6 is 27.5 Å². The van der Waals surface area contributed by atoms with Crippen LogP contribution < -0.4 is 4.74 Å². The molecule has 2 heterocycles. The Kier molecular flexibility index (Phi) is 5.05. The number of halogens is 3. The highest BCUT2D eigenvalue weighted by molar-refractivity contribution is 9.10. The molecule has 4 nitrogen and oxygen atoms in total. The summed E-state index contributed by atoms with van der Waals surface area (Å²) in [4.78, 5) is 0. The minimum absolute atomic E-state index is 0.00369. The lowest BCUT2D eigenvalue weighted by molar-refractivity contribution is -0.0284. The van der Waals surface area contributed by atoms with Gasteiger partial charge in [-0.3, -0.25) is 0 Å². The van der Waals surface area contributed by atoms with Crippen LogP contribution in [0.3, 0.4) is 0 Å². The third kappa shape index (κ3) is 3.12. The average Bonchev–Trinajstić information content (AvgIpc) is 2.98. The van der Waals surface area contributed by atoms with Crippen LogP contribution in [0.1, 0.15) is 38.3 Å². The second-order valence-corrected chi connectivity index (χ2v) is 12.3. The second kappa shape index (κ2) is 6.94. The molecule has 2 atom stereocenters. The molecule has 0 bridgehead atoms. The van der Waals surface area contributed by atoms with E-state index in [0.29, 0.717) is 29.6 Å². The molecule has 0 amide bonds. The summed E-state index contributed by atoms with van der Waals surface area (Å²) in [5.41, 5.74) is 0.665. The first-order chi connectivity index (χ1) is 13.5. The molecule has 156 valence electrons. The molecule has 0 N–H and O–H groups in total. The fourth-order valence-electron chi connectivity index (χ4n) is 4.09. The molecule has 0 saturated carbocycles. The quantitative estimate of drug-likeness (QED) is 0.537. The number of benzene rings is 2. The molecule has 8 heteroatoms. The summed E-state index contributed by atoms with van der Waals surface area (Å²) in [6.45, 7) is 5.53. The summed E-state index contributed by atoms with van der Waals surface area (Å²) < 4.78 is 48.1. The lowest BCUT2D eigenvalue weighted by atomic mass is 9.78. The van der Waals surface area contributed by atoms with Crippen molar-refractivity contribution in [1.29, 1.82) is 0 Å². The summed E-state index contributed by atoms with van der Waals surface area (Å²) in [7, 11) is -3.54. The molecule has 2 aliphatic rings. The van der Waals surface area contributed by atoms with Crippen molar-refractivity contribution in [3.05, 3.63) is 62.8 Å². The number of rotatable bonds is 3. The monoisotopic (exact) mass is 501 g/mol. The maximum Gasteiger partial charge on any atom is 0.219 e. The number of hydrogen-bond acceptors (Lipinski definition) is 3. The van der Waals surface area contributed by atoms with Crippen molar-refractivity contribution in [2.24, 2.45) is 0 Å². The van der Waals surface area contributed by atoms with Gasteiger partial charge in [-0.2, -0.15) is 4.31 Å². The first-order valence-electron chi connectivity index (χ1n) is 9.41. The predicted molar refractivity (Wildman–Crippen MR) is 115 cm³/mol. The second-order valence-electron chi connectivity index (χ2n) is 8.53. The predicted octanol–water partition coefficient (Wildman–Crippen LogP) is 5.27. The van der Waals surface area contributed by atoms with Gasteiger partial charge in [0.15, 0.2) is 5.60 Å². The van der Waals surface area contributed by atoms with Crippen LogP contribution in [0.25, 0.3) is 0 Å². The zero-order chi connectivity index (χ0) is 21.2. The van der Waals surface area contributed by atoms with E-state index in [1.807, 2.05) is 30.3 Å². The Hall–Kier alpha value is -1.15. The highest BCUT2D eigenvalue weighted by Crippen LogP contribution is 2.52. The van der Waals surface area contributed by atoms with E-state index in [4.69, 9.17) is 16.3 Å². The third-order valence-corrected chi connectivity index (χ3v) is 9.88. The van der Waals surface area contributed by atoms with E-state index in [1.165, 1.54) is 10.4 Å². The zero-order valence-corrected chi connectivity index (χ0v) is 19.5. The number of hydrogen-bond donors (Lipinski definition) is 0. The van der Waals surface area contributed by atoms with E-state index >= 15 is 0 Å². The van der Waals surface area contributed by atoms with Crippen LogP contribution in [0.15, 0.2) is 40.9 Å². The largest absolute Gasteiger partial charge is 0.480 e. The van der Waals surface area contributed by atoms with Gasteiger partial charge in [0.1, 0.15) is 11.6 Å². The van der Waals surface area contributed by atoms with E-state index in [0.717, 1.165) is 11.1 Å². The van der Waals surface area contributed by atoms with Crippen molar-refractivity contribution in [2.75, 3.05) is 6.54 Å². The van der Waals surface area contributed by atoms with Gasteiger partial charge in [-0.1, -0.05) is 41.9 Å². The fraction of sp³-hybridized carbons (Fsp3) is 0.429. The van der Waals surface area contributed by atoms with Crippen LogP contribution in [0.5, 0.6) is 5.75 Å². The molecule has 2 aromatic rings. The topological polar surface area (TPSA) is 46.6 Å². The van der Waals surface area contributed by atoms with E-state index < -0.39 is 32.2 Å². The minimum Gasteiger partial charge on any atom is -0.480 e. The van der Waals surface area contributed by atoms with Crippen molar-refractivity contribution >= 4 is 37.6 Å². The van der Waals surface area contributed by atoms with Crippen molar-refractivity contribution in [3.8, 4) is 5.75 Å². The van der Waals surface area contributed by atoms with Gasteiger partial charge in [-0.25, -0.2) is 12.8 Å². The van der Waals surface area contributed by atoms with Gasteiger partial charge in [0.2, 0.25) is 10.0 Å². The van der Waals surface area contributed by atoms with Gasteiger partial charge < -0.3 is 4.74 Å². The Balaban J connectivity index is 1.85. The van der Waals surface area contributed by atoms with Crippen LogP contribution in [0, 0.1) is 5.82 Å². The Bertz CT molecular complexity index is 1070. The van der Waals surface area contributed by atoms with Gasteiger partial charge in [0.05, 0.1) is 15.8 Å². The molecule has 0 spiro atoms. The maximum atomic E-state index is 14.3. The normalized spacial score (nSPS) is 24.7. The zero-order valence-electron chi connectivity index (χ0n) is 16.4. The molecule has 29 heavy (non-hydrogen) atoms. The lowest BCUT2D eigenvalue weighted by Crippen LogP contribution is -2.65. The SMILES string of the molecule is CC(C)(C)S(=O)(=O)N1CCC1[C@@]1(c2ccccc2)Cc2c(cc(F)c(Cl)c2Br)O1. The molecule has 4 rings (SSSR count). The molecular weight excluding hydrogens is 481 g/mol. The molecule has 1 fully saturated rings. The minimum atomic E-state index is -3.54. The third-order valence-electron chi connectivity index (χ3n) is 5.81. The van der Waals surface area contributed by atoms with Crippen LogP contribution in [0.2, 0.25) is 5.02 Å². The standard InChI is InChI=1S/C21H22BrClFNO3S/c1-20(2,3)29(26,27)25-10-9-17(25)21(13-7-5-4-6-8-13)12-14-16(28-21)11-15(24)19(23)18(14)22/h4-8,11,17H,9-10,12H2,1-3H3/t17?,21-/m0/s1. The van der Waals surface area contributed by atoms with Crippen molar-refractivity contribution in [3.63, 3.8) is 0 Å².